The van der Waals surface area contributed by atoms with Gasteiger partial charge in [-0.05, 0) is 36.9 Å². The average Bonchev–Trinajstić information content (AvgIpc) is 3.43. The minimum absolute atomic E-state index is 0.897. The SMILES string of the molecule is CN1CCN(c2nccc3[nH]c(-c4n[nH]c5ccc(-c6cncnc6)cc45)cc23)CC1. The number of anilines is 1. The molecule has 5 heterocycles. The lowest BCUT2D eigenvalue weighted by Crippen LogP contribution is -2.44. The van der Waals surface area contributed by atoms with Crippen LogP contribution in [0.1, 0.15) is 0 Å². The molecule has 1 fully saturated rings. The van der Waals surface area contributed by atoms with Gasteiger partial charge in [0.2, 0.25) is 0 Å². The molecule has 2 N–H and O–H groups in total. The molecular weight excluding hydrogens is 388 g/mol. The van der Waals surface area contributed by atoms with Gasteiger partial charge in [-0.3, -0.25) is 5.10 Å². The van der Waals surface area contributed by atoms with E-state index >= 15 is 0 Å². The molecule has 0 radical (unpaired) electrons. The monoisotopic (exact) mass is 410 g/mol. The van der Waals surface area contributed by atoms with Gasteiger partial charge in [0.25, 0.3) is 0 Å². The van der Waals surface area contributed by atoms with Crippen molar-refractivity contribution in [1.29, 1.82) is 0 Å². The first-order valence-corrected chi connectivity index (χ1v) is 10.4. The van der Waals surface area contributed by atoms with Crippen LogP contribution in [0, 0.1) is 0 Å². The molecule has 0 unspecified atom stereocenters. The summed E-state index contributed by atoms with van der Waals surface area (Å²) in [5.41, 5.74) is 5.98. The topological polar surface area (TPSA) is 89.6 Å². The van der Waals surface area contributed by atoms with E-state index in [0.717, 1.165) is 76.3 Å². The Bertz CT molecular complexity index is 1360. The fourth-order valence-electron chi connectivity index (χ4n) is 4.28. The summed E-state index contributed by atoms with van der Waals surface area (Å²) in [5.74, 6) is 1.04. The van der Waals surface area contributed by atoms with Crippen LogP contribution in [0.15, 0.2) is 55.2 Å². The lowest BCUT2D eigenvalue weighted by molar-refractivity contribution is 0.312. The Balaban J connectivity index is 1.44. The number of nitrogens with one attached hydrogen (secondary N) is 2. The highest BCUT2D eigenvalue weighted by atomic mass is 15.3. The maximum absolute atomic E-state index is 4.71. The Morgan fingerprint density at radius 3 is 2.55 bits per heavy atom. The molecule has 6 rings (SSSR count). The number of H-pyrrole nitrogens is 2. The normalized spacial score (nSPS) is 15.2. The van der Waals surface area contributed by atoms with Crippen LogP contribution in [0.2, 0.25) is 0 Å². The van der Waals surface area contributed by atoms with E-state index in [9.17, 15) is 0 Å². The van der Waals surface area contributed by atoms with Crippen LogP contribution < -0.4 is 4.90 Å². The first-order valence-electron chi connectivity index (χ1n) is 10.4. The number of benzene rings is 1. The highest BCUT2D eigenvalue weighted by Crippen LogP contribution is 2.34. The maximum Gasteiger partial charge on any atom is 0.138 e. The van der Waals surface area contributed by atoms with E-state index in [2.05, 4.69) is 60.2 Å². The quantitative estimate of drug-likeness (QED) is 0.474. The van der Waals surface area contributed by atoms with Crippen molar-refractivity contribution in [2.75, 3.05) is 38.1 Å². The second kappa shape index (κ2) is 7.17. The highest BCUT2D eigenvalue weighted by molar-refractivity contribution is 6.00. The van der Waals surface area contributed by atoms with Crippen molar-refractivity contribution in [3.8, 4) is 22.5 Å². The first-order chi connectivity index (χ1) is 15.3. The van der Waals surface area contributed by atoms with Gasteiger partial charge in [0.05, 0.1) is 16.7 Å². The van der Waals surface area contributed by atoms with E-state index in [4.69, 9.17) is 4.98 Å². The van der Waals surface area contributed by atoms with Gasteiger partial charge in [0.1, 0.15) is 17.8 Å². The van der Waals surface area contributed by atoms with Gasteiger partial charge in [-0.25, -0.2) is 15.0 Å². The number of rotatable bonds is 3. The van der Waals surface area contributed by atoms with Crippen molar-refractivity contribution in [2.24, 2.45) is 0 Å². The zero-order chi connectivity index (χ0) is 20.8. The molecule has 1 aliphatic heterocycles. The third-order valence-electron chi connectivity index (χ3n) is 6.04. The molecule has 0 bridgehead atoms. The van der Waals surface area contributed by atoms with Crippen molar-refractivity contribution in [2.45, 2.75) is 0 Å². The number of hydrogen-bond donors (Lipinski definition) is 2. The van der Waals surface area contributed by atoms with Crippen molar-refractivity contribution < 1.29 is 0 Å². The number of nitrogens with zero attached hydrogens (tertiary/aromatic N) is 6. The Hall–Kier alpha value is -3.78. The summed E-state index contributed by atoms with van der Waals surface area (Å²) >= 11 is 0. The average molecular weight is 410 g/mol. The van der Waals surface area contributed by atoms with Gasteiger partial charge in [0.15, 0.2) is 0 Å². The zero-order valence-electron chi connectivity index (χ0n) is 17.2. The number of piperazine rings is 1. The standard InChI is InChI=1S/C23H22N8/c1-30-6-8-31(9-7-30)23-18-11-21(27-19(18)4-5-26-23)22-17-10-15(2-3-20(17)28-29-22)16-12-24-14-25-13-16/h2-5,10-14,27H,6-9H2,1H3,(H,28,29). The lowest BCUT2D eigenvalue weighted by atomic mass is 10.0. The number of likely N-dealkylation sites (N-methyl/N-ethyl adjacent to an activating group) is 1. The second-order valence-electron chi connectivity index (χ2n) is 8.03. The smallest absolute Gasteiger partial charge is 0.138 e. The van der Waals surface area contributed by atoms with Gasteiger partial charge in [-0.15, -0.1) is 0 Å². The summed E-state index contributed by atoms with van der Waals surface area (Å²) in [5, 5.41) is 9.97. The van der Waals surface area contributed by atoms with Gasteiger partial charge < -0.3 is 14.8 Å². The molecule has 0 spiro atoms. The Labute approximate surface area is 179 Å². The van der Waals surface area contributed by atoms with Gasteiger partial charge in [-0.2, -0.15) is 5.10 Å². The molecule has 0 atom stereocenters. The number of hydrogen-bond acceptors (Lipinski definition) is 6. The predicted molar refractivity (Wildman–Crippen MR) is 122 cm³/mol. The predicted octanol–water partition coefficient (Wildman–Crippen LogP) is 3.32. The second-order valence-corrected chi connectivity index (χ2v) is 8.03. The Morgan fingerprint density at radius 1 is 0.871 bits per heavy atom. The molecule has 31 heavy (non-hydrogen) atoms. The molecule has 1 aliphatic rings. The van der Waals surface area contributed by atoms with Crippen LogP contribution in [-0.4, -0.2) is 68.3 Å². The van der Waals surface area contributed by atoms with Crippen molar-refractivity contribution >= 4 is 27.6 Å². The summed E-state index contributed by atoms with van der Waals surface area (Å²) in [6.45, 7) is 4.06. The van der Waals surface area contributed by atoms with Crippen molar-refractivity contribution in [3.05, 3.63) is 55.2 Å². The van der Waals surface area contributed by atoms with Crippen LogP contribution in [0.3, 0.4) is 0 Å². The van der Waals surface area contributed by atoms with E-state index in [1.165, 1.54) is 0 Å². The third kappa shape index (κ3) is 3.12. The Morgan fingerprint density at radius 2 is 1.71 bits per heavy atom. The number of aromatic amines is 2. The molecule has 4 aromatic heterocycles. The molecule has 154 valence electrons. The van der Waals surface area contributed by atoms with Crippen LogP contribution in [0.25, 0.3) is 44.3 Å². The van der Waals surface area contributed by atoms with Gasteiger partial charge >= 0.3 is 0 Å². The summed E-state index contributed by atoms with van der Waals surface area (Å²) in [6.07, 6.45) is 7.07. The molecule has 1 aromatic carbocycles. The molecule has 1 saturated heterocycles. The number of pyridine rings is 1. The summed E-state index contributed by atoms with van der Waals surface area (Å²) in [4.78, 5) is 21.3. The minimum atomic E-state index is 0.897. The number of aromatic nitrogens is 6. The summed E-state index contributed by atoms with van der Waals surface area (Å²) < 4.78 is 0. The molecule has 0 aliphatic carbocycles. The van der Waals surface area contributed by atoms with E-state index < -0.39 is 0 Å². The van der Waals surface area contributed by atoms with E-state index in [1.807, 2.05) is 30.7 Å². The van der Waals surface area contributed by atoms with Crippen LogP contribution in [0.5, 0.6) is 0 Å². The minimum Gasteiger partial charge on any atom is -0.353 e. The molecule has 8 heteroatoms. The van der Waals surface area contributed by atoms with E-state index in [0.29, 0.717) is 0 Å². The largest absolute Gasteiger partial charge is 0.353 e. The van der Waals surface area contributed by atoms with Crippen molar-refractivity contribution in [3.63, 3.8) is 0 Å². The molecule has 0 amide bonds. The van der Waals surface area contributed by atoms with E-state index in [1.54, 1.807) is 6.33 Å². The first kappa shape index (κ1) is 18.0. The van der Waals surface area contributed by atoms with Crippen molar-refractivity contribution in [1.82, 2.24) is 35.0 Å². The van der Waals surface area contributed by atoms with Gasteiger partial charge in [0, 0.05) is 61.1 Å². The highest BCUT2D eigenvalue weighted by Gasteiger charge is 2.20. The zero-order valence-corrected chi connectivity index (χ0v) is 17.2. The summed E-state index contributed by atoms with van der Waals surface area (Å²) in [7, 11) is 2.16. The Kier molecular flexibility index (Phi) is 4.17. The number of fused-ring (bicyclic) bond motifs is 2. The summed E-state index contributed by atoms with van der Waals surface area (Å²) in [6, 6.07) is 10.4. The van der Waals surface area contributed by atoms with Crippen LogP contribution in [0.4, 0.5) is 5.82 Å². The molecular formula is C23H22N8. The van der Waals surface area contributed by atoms with Crippen LogP contribution >= 0.6 is 0 Å². The molecule has 8 nitrogen and oxygen atoms in total. The van der Waals surface area contributed by atoms with E-state index in [-0.39, 0.29) is 0 Å². The molecule has 0 saturated carbocycles. The van der Waals surface area contributed by atoms with Crippen LogP contribution in [-0.2, 0) is 0 Å². The molecule has 5 aromatic rings. The van der Waals surface area contributed by atoms with Gasteiger partial charge in [-0.1, -0.05) is 6.07 Å². The fraction of sp³-hybridized carbons (Fsp3) is 0.217. The fourth-order valence-corrected chi connectivity index (χ4v) is 4.28. The maximum atomic E-state index is 4.71. The third-order valence-corrected chi connectivity index (χ3v) is 6.04. The lowest BCUT2D eigenvalue weighted by Gasteiger charge is -2.33.